The van der Waals surface area contributed by atoms with E-state index in [9.17, 15) is 4.39 Å². The van der Waals surface area contributed by atoms with E-state index in [0.29, 0.717) is 18.0 Å². The fraction of sp³-hybridized carbons (Fsp3) is 0.533. The van der Waals surface area contributed by atoms with Gasteiger partial charge in [-0.15, -0.1) is 0 Å². The minimum atomic E-state index is -0.359. The molecule has 2 atom stereocenters. The van der Waals surface area contributed by atoms with Crippen molar-refractivity contribution in [3.05, 3.63) is 35.1 Å². The van der Waals surface area contributed by atoms with E-state index in [0.717, 1.165) is 24.6 Å². The van der Waals surface area contributed by atoms with Gasteiger partial charge < -0.3 is 10.9 Å². The molecule has 2 unspecified atom stereocenters. The molecule has 0 saturated carbocycles. The molecule has 20 heavy (non-hydrogen) atoms. The maximum Gasteiger partial charge on any atom is 0.170 e. The molecule has 0 amide bonds. The van der Waals surface area contributed by atoms with E-state index in [4.69, 9.17) is 10.9 Å². The monoisotopic (exact) mass is 279 g/mol. The zero-order valence-electron chi connectivity index (χ0n) is 12.0. The Balaban J connectivity index is 2.11. The van der Waals surface area contributed by atoms with Crippen molar-refractivity contribution in [2.45, 2.75) is 26.8 Å². The maximum atomic E-state index is 13.6. The van der Waals surface area contributed by atoms with Gasteiger partial charge in [0.2, 0.25) is 0 Å². The molecule has 0 bridgehead atoms. The largest absolute Gasteiger partial charge is 0.409 e. The van der Waals surface area contributed by atoms with Crippen molar-refractivity contribution in [1.82, 2.24) is 4.90 Å². The molecule has 2 rings (SSSR count). The predicted octanol–water partition coefficient (Wildman–Crippen LogP) is 2.40. The van der Waals surface area contributed by atoms with Crippen LogP contribution in [0.4, 0.5) is 4.39 Å². The molecule has 1 aliphatic rings. The van der Waals surface area contributed by atoms with Crippen LogP contribution in [0.1, 0.15) is 31.4 Å². The minimum absolute atomic E-state index is 0.0635. The van der Waals surface area contributed by atoms with E-state index in [2.05, 4.69) is 23.9 Å². The third-order valence-corrected chi connectivity index (χ3v) is 4.19. The summed E-state index contributed by atoms with van der Waals surface area (Å²) in [6.45, 7) is 7.28. The average Bonchev–Trinajstić information content (AvgIpc) is 2.41. The average molecular weight is 279 g/mol. The summed E-state index contributed by atoms with van der Waals surface area (Å²) < 4.78 is 13.6. The number of piperidine rings is 1. The summed E-state index contributed by atoms with van der Waals surface area (Å²) in [5.41, 5.74) is 6.80. The van der Waals surface area contributed by atoms with Gasteiger partial charge in [-0.05, 0) is 48.6 Å². The highest BCUT2D eigenvalue weighted by atomic mass is 19.1. The molecule has 1 aromatic carbocycles. The number of halogens is 1. The molecule has 1 saturated heterocycles. The number of likely N-dealkylation sites (tertiary alicyclic amines) is 1. The lowest BCUT2D eigenvalue weighted by molar-refractivity contribution is 0.132. The van der Waals surface area contributed by atoms with E-state index in [1.807, 2.05) is 0 Å². The Morgan fingerprint density at radius 1 is 1.40 bits per heavy atom. The zero-order valence-corrected chi connectivity index (χ0v) is 12.0. The molecule has 3 N–H and O–H groups in total. The van der Waals surface area contributed by atoms with Gasteiger partial charge in [0.1, 0.15) is 5.82 Å². The van der Waals surface area contributed by atoms with E-state index >= 15 is 0 Å². The van der Waals surface area contributed by atoms with Crippen LogP contribution in [0.3, 0.4) is 0 Å². The van der Waals surface area contributed by atoms with E-state index < -0.39 is 0 Å². The molecule has 0 radical (unpaired) electrons. The predicted molar refractivity (Wildman–Crippen MR) is 77.1 cm³/mol. The van der Waals surface area contributed by atoms with Crippen LogP contribution in [0, 0.1) is 17.7 Å². The summed E-state index contributed by atoms with van der Waals surface area (Å²) in [4.78, 5) is 2.33. The Morgan fingerprint density at radius 3 is 2.80 bits per heavy atom. The molecule has 5 heteroatoms. The van der Waals surface area contributed by atoms with Crippen LogP contribution in [0.5, 0.6) is 0 Å². The third-order valence-electron chi connectivity index (χ3n) is 4.19. The second-order valence-electron chi connectivity index (χ2n) is 5.81. The van der Waals surface area contributed by atoms with E-state index in [1.54, 1.807) is 6.07 Å². The summed E-state index contributed by atoms with van der Waals surface area (Å²) >= 11 is 0. The van der Waals surface area contributed by atoms with Crippen LogP contribution in [0.15, 0.2) is 23.4 Å². The van der Waals surface area contributed by atoms with Crippen molar-refractivity contribution in [2.24, 2.45) is 22.7 Å². The lowest BCUT2D eigenvalue weighted by Gasteiger charge is -2.35. The lowest BCUT2D eigenvalue weighted by Crippen LogP contribution is -2.37. The molecular weight excluding hydrogens is 257 g/mol. The van der Waals surface area contributed by atoms with Gasteiger partial charge in [-0.2, -0.15) is 0 Å². The van der Waals surface area contributed by atoms with Gasteiger partial charge in [-0.3, -0.25) is 4.90 Å². The van der Waals surface area contributed by atoms with E-state index in [-0.39, 0.29) is 11.7 Å². The van der Waals surface area contributed by atoms with Crippen molar-refractivity contribution in [3.63, 3.8) is 0 Å². The molecule has 1 aliphatic heterocycles. The second-order valence-corrected chi connectivity index (χ2v) is 5.81. The van der Waals surface area contributed by atoms with Gasteiger partial charge in [0.05, 0.1) is 0 Å². The molecule has 4 nitrogen and oxygen atoms in total. The summed E-state index contributed by atoms with van der Waals surface area (Å²) in [7, 11) is 0. The Morgan fingerprint density at radius 2 is 2.15 bits per heavy atom. The van der Waals surface area contributed by atoms with Crippen molar-refractivity contribution in [2.75, 3.05) is 13.1 Å². The van der Waals surface area contributed by atoms with Gasteiger partial charge in [-0.25, -0.2) is 4.39 Å². The van der Waals surface area contributed by atoms with E-state index in [1.165, 1.54) is 18.6 Å². The van der Waals surface area contributed by atoms with Crippen molar-refractivity contribution in [1.29, 1.82) is 0 Å². The molecule has 1 heterocycles. The molecule has 0 spiro atoms. The van der Waals surface area contributed by atoms with Crippen LogP contribution >= 0.6 is 0 Å². The fourth-order valence-electron chi connectivity index (χ4n) is 2.70. The SMILES string of the molecule is CC1CCN(Cc2cc(F)cc(/C(N)=N/O)c2)CC1C. The van der Waals surface area contributed by atoms with Crippen LogP contribution in [-0.4, -0.2) is 29.0 Å². The first-order chi connectivity index (χ1) is 9.49. The Labute approximate surface area is 119 Å². The number of hydrogen-bond acceptors (Lipinski definition) is 3. The first-order valence-electron chi connectivity index (χ1n) is 6.99. The van der Waals surface area contributed by atoms with Crippen molar-refractivity contribution < 1.29 is 9.60 Å². The van der Waals surface area contributed by atoms with Crippen molar-refractivity contribution in [3.8, 4) is 0 Å². The second kappa shape index (κ2) is 6.22. The number of hydrogen-bond donors (Lipinski definition) is 2. The summed E-state index contributed by atoms with van der Waals surface area (Å²) in [6, 6.07) is 4.57. The number of nitrogens with two attached hydrogens (primary N) is 1. The topological polar surface area (TPSA) is 61.8 Å². The number of rotatable bonds is 3. The normalized spacial score (nSPS) is 24.9. The number of nitrogens with zero attached hydrogens (tertiary/aromatic N) is 2. The Kier molecular flexibility index (Phi) is 4.60. The molecular formula is C15H22FN3O. The maximum absolute atomic E-state index is 13.6. The lowest BCUT2D eigenvalue weighted by atomic mass is 9.88. The first-order valence-corrected chi connectivity index (χ1v) is 6.99. The zero-order chi connectivity index (χ0) is 14.7. The highest BCUT2D eigenvalue weighted by Gasteiger charge is 2.22. The number of oxime groups is 1. The number of benzene rings is 1. The Bertz CT molecular complexity index is 504. The third kappa shape index (κ3) is 3.48. The van der Waals surface area contributed by atoms with Crippen molar-refractivity contribution >= 4 is 5.84 Å². The minimum Gasteiger partial charge on any atom is -0.409 e. The first kappa shape index (κ1) is 14.8. The fourth-order valence-corrected chi connectivity index (χ4v) is 2.70. The standard InChI is InChI=1S/C15H22FN3O/c1-10-3-4-19(8-11(10)2)9-12-5-13(15(17)18-20)7-14(16)6-12/h5-7,10-11,20H,3-4,8-9H2,1-2H3,(H2,17,18). The molecule has 0 aromatic heterocycles. The Hall–Kier alpha value is -1.62. The van der Waals surface area contributed by atoms with Gasteiger partial charge in [0.15, 0.2) is 5.84 Å². The van der Waals surface area contributed by atoms with Crippen LogP contribution < -0.4 is 5.73 Å². The van der Waals surface area contributed by atoms with Gasteiger partial charge in [0, 0.05) is 18.7 Å². The van der Waals surface area contributed by atoms with Gasteiger partial charge >= 0.3 is 0 Å². The molecule has 110 valence electrons. The van der Waals surface area contributed by atoms with Crippen LogP contribution in [0.25, 0.3) is 0 Å². The molecule has 0 aliphatic carbocycles. The highest BCUT2D eigenvalue weighted by molar-refractivity contribution is 5.97. The highest BCUT2D eigenvalue weighted by Crippen LogP contribution is 2.24. The van der Waals surface area contributed by atoms with Gasteiger partial charge in [0.25, 0.3) is 0 Å². The number of amidine groups is 1. The van der Waals surface area contributed by atoms with Crippen LogP contribution in [-0.2, 0) is 6.54 Å². The van der Waals surface area contributed by atoms with Gasteiger partial charge in [-0.1, -0.05) is 19.0 Å². The quantitative estimate of drug-likeness (QED) is 0.386. The smallest absolute Gasteiger partial charge is 0.170 e. The molecule has 1 fully saturated rings. The van der Waals surface area contributed by atoms with Crippen LogP contribution in [0.2, 0.25) is 0 Å². The summed E-state index contributed by atoms with van der Waals surface area (Å²) in [5.74, 6) is 0.973. The summed E-state index contributed by atoms with van der Waals surface area (Å²) in [6.07, 6.45) is 1.17. The molecule has 1 aromatic rings. The summed E-state index contributed by atoms with van der Waals surface area (Å²) in [5, 5.41) is 11.6.